The molecule has 104 valence electrons. The molecule has 1 fully saturated rings. The molecule has 0 N–H and O–H groups in total. The quantitative estimate of drug-likeness (QED) is 0.823. The lowest BCUT2D eigenvalue weighted by Gasteiger charge is -2.33. The SMILES string of the molecule is Cc1cccc(C)c1C[C@]12CCC(=O)C=C1CCC2=O. The van der Waals surface area contributed by atoms with E-state index in [0.29, 0.717) is 25.0 Å². The molecule has 0 unspecified atom stereocenters. The minimum Gasteiger partial charge on any atom is -0.299 e. The van der Waals surface area contributed by atoms with Crippen molar-refractivity contribution in [3.8, 4) is 0 Å². The van der Waals surface area contributed by atoms with Crippen LogP contribution in [0.3, 0.4) is 0 Å². The number of carbonyl (C=O) groups is 2. The third-order valence-corrected chi connectivity index (χ3v) is 5.03. The van der Waals surface area contributed by atoms with Crippen LogP contribution in [-0.2, 0) is 16.0 Å². The number of rotatable bonds is 2. The Morgan fingerprint density at radius 3 is 2.45 bits per heavy atom. The minimum atomic E-state index is -0.384. The molecule has 1 atom stereocenters. The topological polar surface area (TPSA) is 34.1 Å². The number of fused-ring (bicyclic) bond motifs is 1. The highest BCUT2D eigenvalue weighted by atomic mass is 16.1. The Bertz CT molecular complexity index is 604. The second kappa shape index (κ2) is 4.69. The zero-order valence-electron chi connectivity index (χ0n) is 12.2. The first-order chi connectivity index (χ1) is 9.53. The molecule has 0 saturated heterocycles. The summed E-state index contributed by atoms with van der Waals surface area (Å²) in [4.78, 5) is 24.2. The fourth-order valence-electron chi connectivity index (χ4n) is 3.75. The molecule has 0 amide bonds. The van der Waals surface area contributed by atoms with E-state index in [-0.39, 0.29) is 11.2 Å². The average Bonchev–Trinajstić information content (AvgIpc) is 2.72. The summed E-state index contributed by atoms with van der Waals surface area (Å²) in [5.41, 5.74) is 4.47. The van der Waals surface area contributed by atoms with Crippen molar-refractivity contribution < 1.29 is 9.59 Å². The highest BCUT2D eigenvalue weighted by Crippen LogP contribution is 2.49. The molecule has 20 heavy (non-hydrogen) atoms. The highest BCUT2D eigenvalue weighted by molar-refractivity contribution is 5.99. The van der Waals surface area contributed by atoms with E-state index in [9.17, 15) is 9.59 Å². The van der Waals surface area contributed by atoms with Crippen LogP contribution in [-0.4, -0.2) is 11.6 Å². The number of benzene rings is 1. The molecule has 0 spiro atoms. The van der Waals surface area contributed by atoms with Gasteiger partial charge in [-0.1, -0.05) is 23.8 Å². The van der Waals surface area contributed by atoms with E-state index in [2.05, 4.69) is 32.0 Å². The smallest absolute Gasteiger partial charge is 0.155 e. The number of ketones is 2. The van der Waals surface area contributed by atoms with Crippen LogP contribution in [0.2, 0.25) is 0 Å². The van der Waals surface area contributed by atoms with Gasteiger partial charge in [0.1, 0.15) is 5.78 Å². The van der Waals surface area contributed by atoms with Gasteiger partial charge in [0.15, 0.2) is 5.78 Å². The lowest BCUT2D eigenvalue weighted by Crippen LogP contribution is -2.34. The van der Waals surface area contributed by atoms with Gasteiger partial charge < -0.3 is 0 Å². The number of hydrogen-bond acceptors (Lipinski definition) is 2. The van der Waals surface area contributed by atoms with Crippen LogP contribution in [0.15, 0.2) is 29.8 Å². The highest BCUT2D eigenvalue weighted by Gasteiger charge is 2.47. The van der Waals surface area contributed by atoms with Gasteiger partial charge in [-0.2, -0.15) is 0 Å². The number of aryl methyl sites for hydroxylation is 2. The second-order valence-corrected chi connectivity index (χ2v) is 6.19. The van der Waals surface area contributed by atoms with Gasteiger partial charge in [-0.15, -0.1) is 0 Å². The van der Waals surface area contributed by atoms with Crippen LogP contribution < -0.4 is 0 Å². The summed E-state index contributed by atoms with van der Waals surface area (Å²) < 4.78 is 0. The predicted molar refractivity (Wildman–Crippen MR) is 78.6 cm³/mol. The molecule has 0 aromatic heterocycles. The molecule has 2 nitrogen and oxygen atoms in total. The summed E-state index contributed by atoms with van der Waals surface area (Å²) in [5.74, 6) is 0.519. The standard InChI is InChI=1S/C18H20O2/c1-12-4-3-5-13(2)16(12)11-18-9-8-15(19)10-14(18)6-7-17(18)20/h3-5,10H,6-9,11H2,1-2H3/t18-/m1/s1. The van der Waals surface area contributed by atoms with Crippen molar-refractivity contribution in [3.05, 3.63) is 46.5 Å². The van der Waals surface area contributed by atoms with Gasteiger partial charge in [0.25, 0.3) is 0 Å². The van der Waals surface area contributed by atoms with E-state index in [1.54, 1.807) is 6.08 Å². The van der Waals surface area contributed by atoms with Gasteiger partial charge in [-0.25, -0.2) is 0 Å². The maximum atomic E-state index is 12.5. The lowest BCUT2D eigenvalue weighted by molar-refractivity contribution is -0.125. The first kappa shape index (κ1) is 13.3. The Kier molecular flexibility index (Phi) is 3.12. The predicted octanol–water partition coefficient (Wildman–Crippen LogP) is 3.48. The van der Waals surface area contributed by atoms with Crippen molar-refractivity contribution in [2.24, 2.45) is 5.41 Å². The summed E-state index contributed by atoms with van der Waals surface area (Å²) in [5, 5.41) is 0. The van der Waals surface area contributed by atoms with Crippen LogP contribution in [0, 0.1) is 19.3 Å². The van der Waals surface area contributed by atoms with E-state index in [0.717, 1.165) is 18.4 Å². The first-order valence-corrected chi connectivity index (χ1v) is 7.35. The number of allylic oxidation sites excluding steroid dienone is 2. The largest absolute Gasteiger partial charge is 0.299 e. The molecular formula is C18H20O2. The summed E-state index contributed by atoms with van der Waals surface area (Å²) >= 11 is 0. The zero-order valence-corrected chi connectivity index (χ0v) is 12.2. The van der Waals surface area contributed by atoms with E-state index in [1.807, 2.05) is 0 Å². The van der Waals surface area contributed by atoms with Crippen molar-refractivity contribution in [2.45, 2.75) is 46.0 Å². The van der Waals surface area contributed by atoms with Crippen LogP contribution >= 0.6 is 0 Å². The van der Waals surface area contributed by atoms with Crippen LogP contribution in [0.1, 0.15) is 42.4 Å². The molecule has 1 saturated carbocycles. The van der Waals surface area contributed by atoms with Gasteiger partial charge in [-0.05, 0) is 55.9 Å². The molecule has 0 bridgehead atoms. The van der Waals surface area contributed by atoms with E-state index < -0.39 is 0 Å². The van der Waals surface area contributed by atoms with Crippen molar-refractivity contribution in [2.75, 3.05) is 0 Å². The Morgan fingerprint density at radius 2 is 1.75 bits per heavy atom. The van der Waals surface area contributed by atoms with Crippen LogP contribution in [0.25, 0.3) is 0 Å². The Labute approximate surface area is 119 Å². The van der Waals surface area contributed by atoms with Crippen molar-refractivity contribution in [1.82, 2.24) is 0 Å². The maximum absolute atomic E-state index is 12.5. The molecule has 2 aliphatic carbocycles. The molecule has 2 heteroatoms. The van der Waals surface area contributed by atoms with Crippen LogP contribution in [0.5, 0.6) is 0 Å². The van der Waals surface area contributed by atoms with Gasteiger partial charge in [-0.3, -0.25) is 9.59 Å². The maximum Gasteiger partial charge on any atom is 0.155 e. The summed E-state index contributed by atoms with van der Waals surface area (Å²) in [6.07, 6.45) is 5.11. The van der Waals surface area contributed by atoms with Crippen molar-refractivity contribution in [3.63, 3.8) is 0 Å². The number of carbonyl (C=O) groups excluding carboxylic acids is 2. The fourth-order valence-corrected chi connectivity index (χ4v) is 3.75. The Hall–Kier alpha value is -1.70. The number of Topliss-reactive ketones (excluding diaryl/α,β-unsaturated/α-hetero) is 1. The van der Waals surface area contributed by atoms with Gasteiger partial charge in [0.2, 0.25) is 0 Å². The van der Waals surface area contributed by atoms with E-state index >= 15 is 0 Å². The molecular weight excluding hydrogens is 248 g/mol. The minimum absolute atomic E-state index is 0.187. The normalized spacial score (nSPS) is 25.6. The first-order valence-electron chi connectivity index (χ1n) is 7.35. The van der Waals surface area contributed by atoms with Gasteiger partial charge >= 0.3 is 0 Å². The molecule has 3 rings (SSSR count). The molecule has 2 aliphatic rings. The Balaban J connectivity index is 2.05. The van der Waals surface area contributed by atoms with Gasteiger partial charge in [0.05, 0.1) is 5.41 Å². The monoisotopic (exact) mass is 268 g/mol. The molecule has 0 aliphatic heterocycles. The Morgan fingerprint density at radius 1 is 1.05 bits per heavy atom. The van der Waals surface area contributed by atoms with E-state index in [1.165, 1.54) is 16.7 Å². The molecule has 0 radical (unpaired) electrons. The third-order valence-electron chi connectivity index (χ3n) is 5.03. The molecule has 1 aromatic rings. The zero-order chi connectivity index (χ0) is 14.3. The van der Waals surface area contributed by atoms with Crippen molar-refractivity contribution in [1.29, 1.82) is 0 Å². The fraction of sp³-hybridized carbons (Fsp3) is 0.444. The molecule has 1 aromatic carbocycles. The third kappa shape index (κ3) is 1.94. The lowest BCUT2D eigenvalue weighted by atomic mass is 9.68. The average molecular weight is 268 g/mol. The number of hydrogen-bond donors (Lipinski definition) is 0. The summed E-state index contributed by atoms with van der Waals surface area (Å²) in [6, 6.07) is 6.27. The second-order valence-electron chi connectivity index (χ2n) is 6.19. The van der Waals surface area contributed by atoms with Gasteiger partial charge in [0, 0.05) is 12.8 Å². The van der Waals surface area contributed by atoms with E-state index in [4.69, 9.17) is 0 Å². The molecule has 0 heterocycles. The summed E-state index contributed by atoms with van der Waals surface area (Å²) in [6.45, 7) is 4.21. The van der Waals surface area contributed by atoms with Crippen LogP contribution in [0.4, 0.5) is 0 Å². The summed E-state index contributed by atoms with van der Waals surface area (Å²) in [7, 11) is 0. The van der Waals surface area contributed by atoms with Crippen molar-refractivity contribution >= 4 is 11.6 Å².